The predicted octanol–water partition coefficient (Wildman–Crippen LogP) is 4.58. The highest BCUT2D eigenvalue weighted by Gasteiger charge is 2.17. The molecule has 0 N–H and O–H groups in total. The van der Waals surface area contributed by atoms with Crippen LogP contribution < -0.4 is 0 Å². The van der Waals surface area contributed by atoms with E-state index in [1.165, 1.54) is 7.11 Å². The Labute approximate surface area is 133 Å². The van der Waals surface area contributed by atoms with Gasteiger partial charge in [0.1, 0.15) is 0 Å². The maximum Gasteiger partial charge on any atom is 0.340 e. The fourth-order valence-electron chi connectivity index (χ4n) is 2.34. The maximum atomic E-state index is 12.1. The number of rotatable bonds is 3. The van der Waals surface area contributed by atoms with Gasteiger partial charge in [-0.2, -0.15) is 0 Å². The second kappa shape index (κ2) is 6.08. The van der Waals surface area contributed by atoms with E-state index in [-0.39, 0.29) is 5.97 Å². The van der Waals surface area contributed by atoms with Crippen LogP contribution in [0.4, 0.5) is 0 Å². The van der Waals surface area contributed by atoms with Gasteiger partial charge in [-0.3, -0.25) is 0 Å². The van der Waals surface area contributed by atoms with Gasteiger partial charge in [0.05, 0.1) is 12.7 Å². The van der Waals surface area contributed by atoms with Crippen molar-refractivity contribution in [1.29, 1.82) is 0 Å². The van der Waals surface area contributed by atoms with Crippen LogP contribution in [-0.4, -0.2) is 17.6 Å². The van der Waals surface area contributed by atoms with Crippen molar-refractivity contribution in [1.82, 2.24) is 4.57 Å². The van der Waals surface area contributed by atoms with Crippen molar-refractivity contribution in [3.8, 4) is 16.8 Å². The summed E-state index contributed by atoms with van der Waals surface area (Å²) in [6, 6.07) is 17.2. The first-order chi connectivity index (χ1) is 10.7. The molecule has 3 rings (SSSR count). The molecule has 2 aromatic carbocycles. The van der Waals surface area contributed by atoms with E-state index >= 15 is 0 Å². The van der Waals surface area contributed by atoms with Crippen molar-refractivity contribution in [3.63, 3.8) is 0 Å². The lowest BCUT2D eigenvalue weighted by Gasteiger charge is -2.02. The van der Waals surface area contributed by atoms with Crippen molar-refractivity contribution in [2.75, 3.05) is 7.11 Å². The molecule has 1 heterocycles. The largest absolute Gasteiger partial charge is 0.465 e. The van der Waals surface area contributed by atoms with Crippen molar-refractivity contribution >= 4 is 17.6 Å². The Hall–Kier alpha value is -2.52. The second-order valence-electron chi connectivity index (χ2n) is 4.83. The number of aromatic nitrogens is 1. The Morgan fingerprint density at radius 1 is 1.00 bits per heavy atom. The minimum Gasteiger partial charge on any atom is -0.465 e. The van der Waals surface area contributed by atoms with E-state index in [1.807, 2.05) is 53.2 Å². The molecule has 0 aliphatic rings. The zero-order valence-electron chi connectivity index (χ0n) is 12.0. The molecule has 4 heteroatoms. The Kier molecular flexibility index (Phi) is 3.98. The fourth-order valence-corrected chi connectivity index (χ4v) is 2.46. The Morgan fingerprint density at radius 3 is 2.32 bits per heavy atom. The van der Waals surface area contributed by atoms with Crippen molar-refractivity contribution in [2.45, 2.75) is 0 Å². The van der Waals surface area contributed by atoms with Gasteiger partial charge in [-0.25, -0.2) is 4.79 Å². The molecule has 3 aromatic rings. The van der Waals surface area contributed by atoms with E-state index in [0.717, 1.165) is 16.8 Å². The summed E-state index contributed by atoms with van der Waals surface area (Å²) in [5.74, 6) is -0.361. The molecular formula is C18H14ClNO2. The van der Waals surface area contributed by atoms with Crippen molar-refractivity contribution < 1.29 is 9.53 Å². The molecule has 0 amide bonds. The number of nitrogens with zero attached hydrogens (tertiary/aromatic N) is 1. The van der Waals surface area contributed by atoms with Crippen LogP contribution in [0.5, 0.6) is 0 Å². The summed E-state index contributed by atoms with van der Waals surface area (Å²) in [7, 11) is 1.38. The molecule has 0 bridgehead atoms. The number of hydrogen-bond donors (Lipinski definition) is 0. The molecule has 0 unspecified atom stereocenters. The number of benzene rings is 2. The lowest BCUT2D eigenvalue weighted by atomic mass is 10.1. The van der Waals surface area contributed by atoms with Crippen LogP contribution in [0, 0.1) is 0 Å². The molecule has 22 heavy (non-hydrogen) atoms. The lowest BCUT2D eigenvalue weighted by Crippen LogP contribution is -2.01. The summed E-state index contributed by atoms with van der Waals surface area (Å²) < 4.78 is 6.81. The third-order valence-electron chi connectivity index (χ3n) is 3.44. The molecule has 0 fully saturated rings. The topological polar surface area (TPSA) is 31.2 Å². The summed E-state index contributed by atoms with van der Waals surface area (Å²) >= 11 is 5.93. The summed E-state index contributed by atoms with van der Waals surface area (Å²) in [5.41, 5.74) is 3.23. The lowest BCUT2D eigenvalue weighted by molar-refractivity contribution is 0.0601. The average Bonchev–Trinajstić information content (AvgIpc) is 3.01. The number of esters is 1. The summed E-state index contributed by atoms with van der Waals surface area (Å²) in [4.78, 5) is 12.1. The van der Waals surface area contributed by atoms with E-state index < -0.39 is 0 Å². The van der Waals surface area contributed by atoms with Gasteiger partial charge >= 0.3 is 5.97 Å². The fraction of sp³-hybridized carbons (Fsp3) is 0.0556. The molecule has 0 saturated heterocycles. The van der Waals surface area contributed by atoms with Crippen LogP contribution in [0.1, 0.15) is 10.4 Å². The van der Waals surface area contributed by atoms with Gasteiger partial charge < -0.3 is 9.30 Å². The van der Waals surface area contributed by atoms with E-state index in [0.29, 0.717) is 10.6 Å². The monoisotopic (exact) mass is 311 g/mol. The molecule has 110 valence electrons. The minimum absolute atomic E-state index is 0.361. The first-order valence-electron chi connectivity index (χ1n) is 6.80. The second-order valence-corrected chi connectivity index (χ2v) is 5.26. The molecule has 0 aliphatic carbocycles. The Morgan fingerprint density at radius 2 is 1.68 bits per heavy atom. The maximum absolute atomic E-state index is 12.1. The number of carbonyl (C=O) groups excluding carboxylic acids is 1. The normalized spacial score (nSPS) is 10.5. The van der Waals surface area contributed by atoms with Crippen LogP contribution in [0.2, 0.25) is 5.02 Å². The first-order valence-corrected chi connectivity index (χ1v) is 7.18. The van der Waals surface area contributed by atoms with Crippen LogP contribution in [-0.2, 0) is 4.74 Å². The zero-order valence-corrected chi connectivity index (χ0v) is 12.7. The molecule has 0 radical (unpaired) electrons. The summed E-state index contributed by atoms with van der Waals surface area (Å²) in [6.07, 6.45) is 3.70. The highest BCUT2D eigenvalue weighted by Crippen LogP contribution is 2.28. The van der Waals surface area contributed by atoms with Crippen LogP contribution in [0.15, 0.2) is 67.0 Å². The molecule has 0 atom stereocenters. The molecule has 0 saturated carbocycles. The average molecular weight is 312 g/mol. The third kappa shape index (κ3) is 2.76. The van der Waals surface area contributed by atoms with Crippen LogP contribution in [0.3, 0.4) is 0 Å². The van der Waals surface area contributed by atoms with E-state index in [1.54, 1.807) is 18.3 Å². The first kappa shape index (κ1) is 14.4. The van der Waals surface area contributed by atoms with Gasteiger partial charge in [0, 0.05) is 28.7 Å². The standard InChI is InChI=1S/C18H14ClNO2/c1-22-18(21)17-12-20(15-5-3-2-4-6-15)11-16(17)13-7-9-14(19)10-8-13/h2-12H,1H3. The smallest absolute Gasteiger partial charge is 0.340 e. The number of carbonyl (C=O) groups is 1. The zero-order chi connectivity index (χ0) is 15.5. The number of methoxy groups -OCH3 is 1. The van der Waals surface area contributed by atoms with Gasteiger partial charge in [0.25, 0.3) is 0 Å². The van der Waals surface area contributed by atoms with Gasteiger partial charge in [0.2, 0.25) is 0 Å². The van der Waals surface area contributed by atoms with E-state index in [4.69, 9.17) is 16.3 Å². The third-order valence-corrected chi connectivity index (χ3v) is 3.69. The molecule has 1 aromatic heterocycles. The van der Waals surface area contributed by atoms with Crippen LogP contribution in [0.25, 0.3) is 16.8 Å². The number of ether oxygens (including phenoxy) is 1. The molecular weight excluding hydrogens is 298 g/mol. The summed E-state index contributed by atoms with van der Waals surface area (Å²) in [5, 5.41) is 0.658. The SMILES string of the molecule is COC(=O)c1cn(-c2ccccc2)cc1-c1ccc(Cl)cc1. The van der Waals surface area contributed by atoms with Crippen molar-refractivity contribution in [2.24, 2.45) is 0 Å². The Bertz CT molecular complexity index is 792. The predicted molar refractivity (Wildman–Crippen MR) is 87.6 cm³/mol. The van der Waals surface area contributed by atoms with E-state index in [2.05, 4.69) is 0 Å². The summed E-state index contributed by atoms with van der Waals surface area (Å²) in [6.45, 7) is 0. The van der Waals surface area contributed by atoms with Gasteiger partial charge in [0.15, 0.2) is 0 Å². The molecule has 3 nitrogen and oxygen atoms in total. The Balaban J connectivity index is 2.13. The molecule has 0 aliphatic heterocycles. The highest BCUT2D eigenvalue weighted by atomic mass is 35.5. The van der Waals surface area contributed by atoms with E-state index in [9.17, 15) is 4.79 Å². The highest BCUT2D eigenvalue weighted by molar-refractivity contribution is 6.30. The van der Waals surface area contributed by atoms with Gasteiger partial charge in [-0.1, -0.05) is 41.9 Å². The number of para-hydroxylation sites is 1. The minimum atomic E-state index is -0.361. The van der Waals surface area contributed by atoms with Gasteiger partial charge in [-0.05, 0) is 29.8 Å². The molecule has 0 spiro atoms. The van der Waals surface area contributed by atoms with Crippen LogP contribution >= 0.6 is 11.6 Å². The quantitative estimate of drug-likeness (QED) is 0.663. The number of hydrogen-bond acceptors (Lipinski definition) is 2. The number of halogens is 1. The van der Waals surface area contributed by atoms with Gasteiger partial charge in [-0.15, -0.1) is 0 Å². The van der Waals surface area contributed by atoms with Crippen molar-refractivity contribution in [3.05, 3.63) is 77.6 Å².